The maximum absolute atomic E-state index is 11.2. The Morgan fingerprint density at radius 3 is 2.25 bits per heavy atom. The van der Waals surface area contributed by atoms with E-state index in [0.717, 1.165) is 0 Å². The monoisotopic (exact) mass is 320 g/mol. The van der Waals surface area contributed by atoms with E-state index in [1.807, 2.05) is 18.2 Å². The number of hydrogen-bond acceptors (Lipinski definition) is 5. The van der Waals surface area contributed by atoms with Crippen molar-refractivity contribution in [1.29, 1.82) is 0 Å². The van der Waals surface area contributed by atoms with Crippen LogP contribution in [0.3, 0.4) is 0 Å². The van der Waals surface area contributed by atoms with Crippen LogP contribution < -0.4 is 4.74 Å². The van der Waals surface area contributed by atoms with E-state index in [1.165, 1.54) is 0 Å². The van der Waals surface area contributed by atoms with Gasteiger partial charge in [-0.05, 0) is 12.1 Å². The molecule has 5 nitrogen and oxygen atoms in total. The second-order valence-electron chi connectivity index (χ2n) is 3.69. The van der Waals surface area contributed by atoms with Crippen LogP contribution in [-0.2, 0) is 19.1 Å². The summed E-state index contributed by atoms with van der Waals surface area (Å²) in [6.45, 7) is -0.0940. The highest BCUT2D eigenvalue weighted by Gasteiger charge is 2.17. The van der Waals surface area contributed by atoms with Crippen LogP contribution in [0.2, 0.25) is 0 Å². The normalized spacial score (nSPS) is 11.5. The fourth-order valence-electron chi connectivity index (χ4n) is 1.26. The fourth-order valence-corrected chi connectivity index (χ4v) is 1.40. The Bertz CT molecular complexity index is 424. The Balaban J connectivity index is 2.48. The minimum Gasteiger partial charge on any atom is -0.490 e. The third-order valence-electron chi connectivity index (χ3n) is 2.13. The molecule has 1 unspecified atom stereocenters. The van der Waals surface area contributed by atoms with Crippen molar-refractivity contribution in [2.45, 2.75) is 6.10 Å². The number of ether oxygens (including phenoxy) is 3. The Kier molecular flexibility index (Phi) is 7.84. The predicted molar refractivity (Wildman–Crippen MR) is 74.2 cm³/mol. The molecule has 0 spiro atoms. The molecule has 0 N–H and O–H groups in total. The molecule has 0 aromatic heterocycles. The zero-order valence-electron chi connectivity index (χ0n) is 10.6. The lowest BCUT2D eigenvalue weighted by molar-refractivity contribution is -0.157. The number of carbonyl (C=O) groups excluding carboxylic acids is 2. The van der Waals surface area contributed by atoms with Gasteiger partial charge in [-0.2, -0.15) is 0 Å². The summed E-state index contributed by atoms with van der Waals surface area (Å²) >= 11 is 10.7. The molecule has 0 saturated carbocycles. The van der Waals surface area contributed by atoms with E-state index >= 15 is 0 Å². The Morgan fingerprint density at radius 1 is 1.00 bits per heavy atom. The number of benzene rings is 1. The van der Waals surface area contributed by atoms with E-state index in [9.17, 15) is 9.59 Å². The number of para-hydroxylation sites is 1. The average Bonchev–Trinajstić information content (AvgIpc) is 2.50. The van der Waals surface area contributed by atoms with Crippen molar-refractivity contribution in [3.63, 3.8) is 0 Å². The quantitative estimate of drug-likeness (QED) is 0.541. The highest BCUT2D eigenvalue weighted by Crippen LogP contribution is 2.09. The largest absolute Gasteiger partial charge is 0.490 e. The van der Waals surface area contributed by atoms with Gasteiger partial charge in [0.1, 0.15) is 30.7 Å². The van der Waals surface area contributed by atoms with Crippen molar-refractivity contribution < 1.29 is 23.8 Å². The zero-order valence-corrected chi connectivity index (χ0v) is 12.1. The molecule has 110 valence electrons. The van der Waals surface area contributed by atoms with Crippen LogP contribution in [0.5, 0.6) is 5.75 Å². The molecule has 1 aromatic rings. The Morgan fingerprint density at radius 2 is 1.65 bits per heavy atom. The summed E-state index contributed by atoms with van der Waals surface area (Å²) in [5.41, 5.74) is 0. The summed E-state index contributed by atoms with van der Waals surface area (Å²) in [6.07, 6.45) is -0.742. The highest BCUT2D eigenvalue weighted by molar-refractivity contribution is 6.26. The Labute approximate surface area is 126 Å². The molecular formula is C13H14Cl2O5. The molecule has 1 aromatic carbocycles. The molecule has 0 bridgehead atoms. The average molecular weight is 321 g/mol. The minimum absolute atomic E-state index is 0.0439. The maximum Gasteiger partial charge on any atom is 0.321 e. The number of rotatable bonds is 8. The summed E-state index contributed by atoms with van der Waals surface area (Å²) in [5, 5.41) is 0. The van der Waals surface area contributed by atoms with Gasteiger partial charge in [0, 0.05) is 0 Å². The van der Waals surface area contributed by atoms with Gasteiger partial charge in [0.05, 0.1) is 0 Å². The van der Waals surface area contributed by atoms with Gasteiger partial charge in [-0.15, -0.1) is 23.2 Å². The van der Waals surface area contributed by atoms with Gasteiger partial charge in [0.15, 0.2) is 6.10 Å². The van der Waals surface area contributed by atoms with Crippen molar-refractivity contribution >= 4 is 35.1 Å². The number of carbonyl (C=O) groups is 2. The molecule has 0 fully saturated rings. The maximum atomic E-state index is 11.2. The van der Waals surface area contributed by atoms with Crippen LogP contribution in [-0.4, -0.2) is 43.0 Å². The first-order valence-corrected chi connectivity index (χ1v) is 6.87. The number of halogens is 2. The highest BCUT2D eigenvalue weighted by atomic mass is 35.5. The van der Waals surface area contributed by atoms with Crippen molar-refractivity contribution in [2.24, 2.45) is 0 Å². The summed E-state index contributed by atoms with van der Waals surface area (Å²) in [7, 11) is 0. The van der Waals surface area contributed by atoms with Gasteiger partial charge in [-0.1, -0.05) is 18.2 Å². The lowest BCUT2D eigenvalue weighted by Gasteiger charge is -2.17. The second-order valence-corrected chi connectivity index (χ2v) is 4.22. The first-order valence-electron chi connectivity index (χ1n) is 5.80. The summed E-state index contributed by atoms with van der Waals surface area (Å²) < 4.78 is 15.3. The van der Waals surface area contributed by atoms with E-state index in [4.69, 9.17) is 37.4 Å². The first kappa shape index (κ1) is 16.6. The van der Waals surface area contributed by atoms with Gasteiger partial charge in [-0.3, -0.25) is 9.59 Å². The van der Waals surface area contributed by atoms with Crippen molar-refractivity contribution in [1.82, 2.24) is 0 Å². The molecule has 0 radical (unpaired) electrons. The standard InChI is InChI=1S/C13H14Cl2O5/c14-6-12(16)19-9-11(20-13(17)7-15)8-18-10-4-2-1-3-5-10/h1-5,11H,6-9H2. The van der Waals surface area contributed by atoms with Gasteiger partial charge < -0.3 is 14.2 Å². The zero-order chi connectivity index (χ0) is 14.8. The third-order valence-corrected chi connectivity index (χ3v) is 2.56. The Hall–Kier alpha value is -1.46. The summed E-state index contributed by atoms with van der Waals surface area (Å²) in [4.78, 5) is 22.2. The van der Waals surface area contributed by atoms with Crippen molar-refractivity contribution in [3.8, 4) is 5.75 Å². The van der Waals surface area contributed by atoms with Gasteiger partial charge >= 0.3 is 11.9 Å². The lowest BCUT2D eigenvalue weighted by atomic mass is 10.3. The third kappa shape index (κ3) is 6.63. The van der Waals surface area contributed by atoms with Crippen LogP contribution in [0.1, 0.15) is 0 Å². The molecule has 0 saturated heterocycles. The number of hydrogen-bond donors (Lipinski definition) is 0. The molecule has 0 heterocycles. The van der Waals surface area contributed by atoms with E-state index in [1.54, 1.807) is 12.1 Å². The minimum atomic E-state index is -0.742. The molecule has 20 heavy (non-hydrogen) atoms. The topological polar surface area (TPSA) is 61.8 Å². The van der Waals surface area contributed by atoms with Crippen LogP contribution >= 0.6 is 23.2 Å². The number of alkyl halides is 2. The van der Waals surface area contributed by atoms with Crippen molar-refractivity contribution in [3.05, 3.63) is 30.3 Å². The van der Waals surface area contributed by atoms with Gasteiger partial charge in [0.25, 0.3) is 0 Å². The molecule has 1 rings (SSSR count). The molecule has 0 aliphatic rings. The first-order chi connectivity index (χ1) is 9.65. The molecular weight excluding hydrogens is 307 g/mol. The van der Waals surface area contributed by atoms with Crippen LogP contribution in [0, 0.1) is 0 Å². The van der Waals surface area contributed by atoms with E-state index < -0.39 is 18.0 Å². The number of esters is 2. The summed E-state index contributed by atoms with van der Waals surface area (Å²) in [6, 6.07) is 8.97. The molecule has 7 heteroatoms. The fraction of sp³-hybridized carbons (Fsp3) is 0.385. The second kappa shape index (κ2) is 9.44. The van der Waals surface area contributed by atoms with Crippen LogP contribution in [0.4, 0.5) is 0 Å². The SMILES string of the molecule is O=C(CCl)OCC(COc1ccccc1)OC(=O)CCl. The van der Waals surface area contributed by atoms with Crippen molar-refractivity contribution in [2.75, 3.05) is 25.0 Å². The van der Waals surface area contributed by atoms with Gasteiger partial charge in [0.2, 0.25) is 0 Å². The van der Waals surface area contributed by atoms with E-state index in [2.05, 4.69) is 0 Å². The van der Waals surface area contributed by atoms with Crippen LogP contribution in [0.25, 0.3) is 0 Å². The molecule has 0 amide bonds. The predicted octanol–water partition coefficient (Wildman–Crippen LogP) is 2.00. The van der Waals surface area contributed by atoms with Gasteiger partial charge in [-0.25, -0.2) is 0 Å². The van der Waals surface area contributed by atoms with E-state index in [0.29, 0.717) is 5.75 Å². The lowest BCUT2D eigenvalue weighted by Crippen LogP contribution is -2.31. The smallest absolute Gasteiger partial charge is 0.321 e. The molecule has 0 aliphatic carbocycles. The van der Waals surface area contributed by atoms with Crippen LogP contribution in [0.15, 0.2) is 30.3 Å². The molecule has 0 aliphatic heterocycles. The molecule has 1 atom stereocenters. The summed E-state index contributed by atoms with van der Waals surface area (Å²) in [5.74, 6) is -1.15. The van der Waals surface area contributed by atoms with E-state index in [-0.39, 0.29) is 25.0 Å².